The standard InChI is InChI=1S/C19H25N3O2.C8H13N3/c1-15-5-6-16(7-8-19(23)24)12-17(15)13-21-10-2-4-18(14-21)22-11-3-9-20-22;1-6-4-3-5-7(8(6)9)11(2)10/h3,5-6,9,11-12,18H,2,4,7-8,10,13-14H2,1H3,(H,23,24);3-5H,9-10H2,1-2H3. The van der Waals surface area contributed by atoms with Gasteiger partial charge in [-0.05, 0) is 74.0 Å². The fourth-order valence-electron chi connectivity index (χ4n) is 4.40. The number of rotatable bonds is 7. The third-order valence-electron chi connectivity index (χ3n) is 6.50. The van der Waals surface area contributed by atoms with Crippen LogP contribution >= 0.6 is 0 Å². The molecule has 8 heteroatoms. The van der Waals surface area contributed by atoms with Crippen LogP contribution in [0.3, 0.4) is 0 Å². The minimum atomic E-state index is -0.741. The number of aromatic nitrogens is 2. The fraction of sp³-hybridized carbons (Fsp3) is 0.407. The van der Waals surface area contributed by atoms with E-state index in [0.29, 0.717) is 12.5 Å². The van der Waals surface area contributed by atoms with Gasteiger partial charge in [0.1, 0.15) is 0 Å². The maximum absolute atomic E-state index is 10.8. The quantitative estimate of drug-likeness (QED) is 0.268. The average Bonchev–Trinajstić information content (AvgIpc) is 3.37. The lowest BCUT2D eigenvalue weighted by molar-refractivity contribution is -0.136. The van der Waals surface area contributed by atoms with Crippen LogP contribution in [0.2, 0.25) is 0 Å². The number of likely N-dealkylation sites (tertiary alicyclic amines) is 1. The molecule has 1 unspecified atom stereocenters. The van der Waals surface area contributed by atoms with E-state index in [-0.39, 0.29) is 6.42 Å². The third-order valence-corrected chi connectivity index (χ3v) is 6.50. The molecule has 188 valence electrons. The van der Waals surface area contributed by atoms with Crippen LogP contribution in [0.1, 0.15) is 47.6 Å². The number of benzene rings is 2. The van der Waals surface area contributed by atoms with Crippen LogP contribution in [0.5, 0.6) is 0 Å². The molecule has 1 aromatic heterocycles. The minimum absolute atomic E-state index is 0.188. The van der Waals surface area contributed by atoms with E-state index in [2.05, 4.69) is 33.7 Å². The molecular weight excluding hydrogens is 440 g/mol. The van der Waals surface area contributed by atoms with Gasteiger partial charge in [0, 0.05) is 39.0 Å². The smallest absolute Gasteiger partial charge is 0.303 e. The zero-order valence-corrected chi connectivity index (χ0v) is 21.0. The monoisotopic (exact) mass is 478 g/mol. The molecule has 0 amide bonds. The second-order valence-electron chi connectivity index (χ2n) is 9.29. The summed E-state index contributed by atoms with van der Waals surface area (Å²) in [7, 11) is 1.77. The molecule has 35 heavy (non-hydrogen) atoms. The molecular formula is C27H38N6O2. The SMILES string of the molecule is Cc1ccc(CCC(=O)O)cc1CN1CCCC(n2cccn2)C1.Cc1cccc(N(C)N)c1N. The van der Waals surface area contributed by atoms with Crippen LogP contribution in [0.4, 0.5) is 11.4 Å². The number of carboxylic acids is 1. The Labute approximate surface area is 208 Å². The zero-order valence-electron chi connectivity index (χ0n) is 21.0. The molecule has 0 bridgehead atoms. The predicted molar refractivity (Wildman–Crippen MR) is 141 cm³/mol. The summed E-state index contributed by atoms with van der Waals surface area (Å²) in [5, 5.41) is 14.8. The van der Waals surface area contributed by atoms with E-state index in [1.807, 2.05) is 49.6 Å². The van der Waals surface area contributed by atoms with Crippen LogP contribution in [0, 0.1) is 13.8 Å². The number of nitrogen functional groups attached to an aromatic ring is 1. The Hall–Kier alpha value is -3.36. The molecule has 1 atom stereocenters. The van der Waals surface area contributed by atoms with Gasteiger partial charge in [-0.25, -0.2) is 5.84 Å². The molecule has 1 aliphatic heterocycles. The van der Waals surface area contributed by atoms with Crippen molar-refractivity contribution in [3.05, 3.63) is 77.1 Å². The van der Waals surface area contributed by atoms with Crippen molar-refractivity contribution in [3.8, 4) is 0 Å². The summed E-state index contributed by atoms with van der Waals surface area (Å²) < 4.78 is 2.07. The van der Waals surface area contributed by atoms with E-state index in [1.54, 1.807) is 7.05 Å². The first kappa shape index (κ1) is 26.2. The normalized spacial score (nSPS) is 15.8. The molecule has 8 nitrogen and oxygen atoms in total. The fourth-order valence-corrected chi connectivity index (χ4v) is 4.40. The number of nitrogens with two attached hydrogens (primary N) is 2. The molecule has 1 aliphatic rings. The maximum Gasteiger partial charge on any atom is 0.303 e. The highest BCUT2D eigenvalue weighted by Gasteiger charge is 2.22. The van der Waals surface area contributed by atoms with Crippen molar-refractivity contribution >= 4 is 17.3 Å². The second-order valence-corrected chi connectivity index (χ2v) is 9.29. The Morgan fingerprint density at radius 2 is 2.00 bits per heavy atom. The summed E-state index contributed by atoms with van der Waals surface area (Å²) in [6.07, 6.45) is 7.03. The number of carboxylic acid groups (broad SMARTS) is 1. The Morgan fingerprint density at radius 1 is 1.20 bits per heavy atom. The Bertz CT molecular complexity index is 1100. The summed E-state index contributed by atoms with van der Waals surface area (Å²) in [5.74, 6) is 4.80. The summed E-state index contributed by atoms with van der Waals surface area (Å²) in [4.78, 5) is 13.3. The van der Waals surface area contributed by atoms with Crippen molar-refractivity contribution < 1.29 is 9.90 Å². The van der Waals surface area contributed by atoms with Gasteiger partial charge in [-0.15, -0.1) is 0 Å². The average molecular weight is 479 g/mol. The van der Waals surface area contributed by atoms with E-state index in [9.17, 15) is 4.79 Å². The van der Waals surface area contributed by atoms with Crippen molar-refractivity contribution in [2.75, 3.05) is 30.9 Å². The number of hydrogen-bond acceptors (Lipinski definition) is 6. The van der Waals surface area contributed by atoms with Crippen molar-refractivity contribution in [2.45, 2.75) is 52.1 Å². The van der Waals surface area contributed by atoms with Crippen LogP contribution in [0.15, 0.2) is 54.9 Å². The lowest BCUT2D eigenvalue weighted by atomic mass is 10.00. The molecule has 1 fully saturated rings. The van der Waals surface area contributed by atoms with E-state index in [4.69, 9.17) is 16.7 Å². The largest absolute Gasteiger partial charge is 0.481 e. The van der Waals surface area contributed by atoms with Crippen LogP contribution in [-0.4, -0.2) is 45.9 Å². The van der Waals surface area contributed by atoms with Crippen molar-refractivity contribution in [3.63, 3.8) is 0 Å². The number of carbonyl (C=O) groups is 1. The topological polar surface area (TPSA) is 114 Å². The molecule has 0 saturated carbocycles. The van der Waals surface area contributed by atoms with Gasteiger partial charge in [0.15, 0.2) is 0 Å². The van der Waals surface area contributed by atoms with E-state index in [0.717, 1.165) is 42.1 Å². The molecule has 0 spiro atoms. The van der Waals surface area contributed by atoms with Gasteiger partial charge in [0.2, 0.25) is 0 Å². The highest BCUT2D eigenvalue weighted by atomic mass is 16.4. The van der Waals surface area contributed by atoms with Crippen LogP contribution < -0.4 is 16.6 Å². The van der Waals surface area contributed by atoms with E-state index in [1.165, 1.54) is 29.0 Å². The Morgan fingerprint density at radius 3 is 2.66 bits per heavy atom. The number of piperidine rings is 1. The zero-order chi connectivity index (χ0) is 25.4. The first-order chi connectivity index (χ1) is 16.7. The van der Waals surface area contributed by atoms with Crippen molar-refractivity contribution in [1.29, 1.82) is 0 Å². The molecule has 0 aliphatic carbocycles. The minimum Gasteiger partial charge on any atom is -0.481 e. The molecule has 2 heterocycles. The molecule has 2 aromatic carbocycles. The molecule has 3 aromatic rings. The van der Waals surface area contributed by atoms with E-state index < -0.39 is 5.97 Å². The summed E-state index contributed by atoms with van der Waals surface area (Å²) in [6, 6.07) is 14.6. The van der Waals surface area contributed by atoms with Gasteiger partial charge in [0.25, 0.3) is 0 Å². The van der Waals surface area contributed by atoms with Gasteiger partial charge >= 0.3 is 5.97 Å². The van der Waals surface area contributed by atoms with E-state index >= 15 is 0 Å². The number of para-hydroxylation sites is 1. The number of nitrogens with zero attached hydrogens (tertiary/aromatic N) is 4. The molecule has 5 N–H and O–H groups in total. The Balaban J connectivity index is 0.000000261. The number of hydrogen-bond donors (Lipinski definition) is 3. The van der Waals surface area contributed by atoms with Crippen LogP contribution in [-0.2, 0) is 17.8 Å². The molecule has 4 rings (SSSR count). The van der Waals surface area contributed by atoms with Gasteiger partial charge in [-0.3, -0.25) is 14.4 Å². The lowest BCUT2D eigenvalue weighted by Gasteiger charge is -2.33. The summed E-state index contributed by atoms with van der Waals surface area (Å²) in [5.41, 5.74) is 12.1. The van der Waals surface area contributed by atoms with Crippen molar-refractivity contribution in [2.24, 2.45) is 5.84 Å². The molecule has 1 saturated heterocycles. The lowest BCUT2D eigenvalue weighted by Crippen LogP contribution is -2.36. The maximum atomic E-state index is 10.8. The van der Waals surface area contributed by atoms with Gasteiger partial charge in [-0.2, -0.15) is 5.10 Å². The van der Waals surface area contributed by atoms with Crippen molar-refractivity contribution in [1.82, 2.24) is 14.7 Å². The highest BCUT2D eigenvalue weighted by Crippen LogP contribution is 2.24. The van der Waals surface area contributed by atoms with Gasteiger partial charge in [0.05, 0.1) is 17.4 Å². The first-order valence-electron chi connectivity index (χ1n) is 12.1. The summed E-state index contributed by atoms with van der Waals surface area (Å²) >= 11 is 0. The predicted octanol–water partition coefficient (Wildman–Crippen LogP) is 3.93. The number of hydrazine groups is 1. The summed E-state index contributed by atoms with van der Waals surface area (Å²) in [6.45, 7) is 7.13. The Kier molecular flexibility index (Phi) is 9.28. The molecule has 0 radical (unpaired) electrons. The second kappa shape index (κ2) is 12.4. The number of aliphatic carboxylic acids is 1. The number of aryl methyl sites for hydroxylation is 3. The van der Waals surface area contributed by atoms with Crippen LogP contribution in [0.25, 0.3) is 0 Å². The highest BCUT2D eigenvalue weighted by molar-refractivity contribution is 5.69. The van der Waals surface area contributed by atoms with Gasteiger partial charge < -0.3 is 15.8 Å². The number of anilines is 2. The first-order valence-corrected chi connectivity index (χ1v) is 12.1. The van der Waals surface area contributed by atoms with Gasteiger partial charge in [-0.1, -0.05) is 30.3 Å². The third kappa shape index (κ3) is 7.56.